The minimum absolute atomic E-state index is 0.196. The van der Waals surface area contributed by atoms with E-state index >= 15 is 0 Å². The third kappa shape index (κ3) is 2.49. The van der Waals surface area contributed by atoms with Crippen LogP contribution in [0.15, 0.2) is 0 Å². The number of nitrogens with zero attached hydrogens (tertiary/aromatic N) is 2. The monoisotopic (exact) mass is 252 g/mol. The van der Waals surface area contributed by atoms with Gasteiger partial charge >= 0.3 is 5.97 Å². The number of amides is 1. The number of rotatable bonds is 3. The van der Waals surface area contributed by atoms with Crippen molar-refractivity contribution in [3.8, 4) is 0 Å². The summed E-state index contributed by atoms with van der Waals surface area (Å²) in [5.41, 5.74) is 0. The number of carbonyl (C=O) groups is 2. The molecule has 1 aromatic heterocycles. The average molecular weight is 252 g/mol. The fraction of sp³-hybridized carbons (Fsp3) is 0.636. The molecule has 0 radical (unpaired) electrons. The van der Waals surface area contributed by atoms with Gasteiger partial charge in [-0.3, -0.25) is 20.0 Å². The van der Waals surface area contributed by atoms with Crippen molar-refractivity contribution in [3.63, 3.8) is 0 Å². The van der Waals surface area contributed by atoms with Crippen molar-refractivity contribution in [1.29, 1.82) is 0 Å². The van der Waals surface area contributed by atoms with Gasteiger partial charge in [-0.2, -0.15) is 4.98 Å². The van der Waals surface area contributed by atoms with E-state index in [1.807, 2.05) is 6.92 Å². The highest BCUT2D eigenvalue weighted by molar-refractivity contribution is 5.94. The zero-order chi connectivity index (χ0) is 13.3. The summed E-state index contributed by atoms with van der Waals surface area (Å²) in [5, 5.41) is 18.1. The predicted octanol–water partition coefficient (Wildman–Crippen LogP) is 0.799. The molecule has 0 bridgehead atoms. The SMILES string of the molecule is Cc1nc(NC(=O)[C@H]2CC(C)C[C@H]2C(=O)O)n[nH]1. The number of aliphatic carboxylic acids is 1. The van der Waals surface area contributed by atoms with Gasteiger partial charge in [0.25, 0.3) is 0 Å². The number of carboxylic acids is 1. The molecule has 1 heterocycles. The molecule has 1 aliphatic carbocycles. The molecule has 7 heteroatoms. The first-order chi connectivity index (χ1) is 8.47. The van der Waals surface area contributed by atoms with Gasteiger partial charge < -0.3 is 5.11 Å². The van der Waals surface area contributed by atoms with E-state index < -0.39 is 17.8 Å². The van der Waals surface area contributed by atoms with Gasteiger partial charge in [0.05, 0.1) is 11.8 Å². The Hall–Kier alpha value is -1.92. The third-order valence-electron chi connectivity index (χ3n) is 3.28. The van der Waals surface area contributed by atoms with E-state index in [0.717, 1.165) is 0 Å². The predicted molar refractivity (Wildman–Crippen MR) is 62.8 cm³/mol. The van der Waals surface area contributed by atoms with E-state index in [4.69, 9.17) is 5.11 Å². The first-order valence-corrected chi connectivity index (χ1v) is 5.90. The van der Waals surface area contributed by atoms with E-state index in [9.17, 15) is 9.59 Å². The molecule has 2 rings (SSSR count). The van der Waals surface area contributed by atoms with Crippen LogP contribution in [-0.2, 0) is 9.59 Å². The molecule has 1 saturated carbocycles. The van der Waals surface area contributed by atoms with Crippen LogP contribution in [0.3, 0.4) is 0 Å². The molecule has 1 amide bonds. The van der Waals surface area contributed by atoms with Gasteiger partial charge in [-0.15, -0.1) is 5.10 Å². The summed E-state index contributed by atoms with van der Waals surface area (Å²) in [6.45, 7) is 3.68. The molecule has 0 saturated heterocycles. The van der Waals surface area contributed by atoms with Crippen LogP contribution in [0.2, 0.25) is 0 Å². The molecule has 1 aromatic rings. The maximum Gasteiger partial charge on any atom is 0.307 e. The minimum atomic E-state index is -0.911. The van der Waals surface area contributed by atoms with E-state index in [-0.39, 0.29) is 17.8 Å². The van der Waals surface area contributed by atoms with Crippen molar-refractivity contribution < 1.29 is 14.7 Å². The quantitative estimate of drug-likeness (QED) is 0.737. The zero-order valence-corrected chi connectivity index (χ0v) is 10.3. The first kappa shape index (κ1) is 12.5. The second kappa shape index (κ2) is 4.75. The molecule has 7 nitrogen and oxygen atoms in total. The highest BCUT2D eigenvalue weighted by atomic mass is 16.4. The number of carbonyl (C=O) groups excluding carboxylic acids is 1. The molecule has 3 atom stereocenters. The summed E-state index contributed by atoms with van der Waals surface area (Å²) in [4.78, 5) is 27.1. The normalized spacial score (nSPS) is 27.1. The van der Waals surface area contributed by atoms with E-state index in [1.54, 1.807) is 6.92 Å². The van der Waals surface area contributed by atoms with Crippen LogP contribution in [-0.4, -0.2) is 32.2 Å². The van der Waals surface area contributed by atoms with E-state index in [0.29, 0.717) is 18.7 Å². The molecule has 1 aliphatic rings. The lowest BCUT2D eigenvalue weighted by molar-refractivity contribution is -0.145. The molecular formula is C11H16N4O3. The lowest BCUT2D eigenvalue weighted by Gasteiger charge is -2.13. The Labute approximate surface area is 104 Å². The van der Waals surface area contributed by atoms with Gasteiger partial charge in [0.15, 0.2) is 0 Å². The number of H-pyrrole nitrogens is 1. The van der Waals surface area contributed by atoms with Gasteiger partial charge in [-0.25, -0.2) is 0 Å². The Bertz CT molecular complexity index is 471. The Morgan fingerprint density at radius 1 is 1.39 bits per heavy atom. The van der Waals surface area contributed by atoms with Crippen molar-refractivity contribution >= 4 is 17.8 Å². The Balaban J connectivity index is 2.06. The fourth-order valence-electron chi connectivity index (χ4n) is 2.46. The van der Waals surface area contributed by atoms with Gasteiger partial charge in [0, 0.05) is 0 Å². The first-order valence-electron chi connectivity index (χ1n) is 5.90. The van der Waals surface area contributed by atoms with Crippen LogP contribution >= 0.6 is 0 Å². The fourth-order valence-corrected chi connectivity index (χ4v) is 2.46. The van der Waals surface area contributed by atoms with Gasteiger partial charge in [-0.05, 0) is 25.7 Å². The standard InChI is InChI=1S/C11H16N4O3/c1-5-3-7(8(4-5)10(17)18)9(16)13-11-12-6(2)14-15-11/h5,7-8H,3-4H2,1-2H3,(H,17,18)(H2,12,13,14,15,16)/t5?,7-,8+/m0/s1. The Morgan fingerprint density at radius 3 is 2.61 bits per heavy atom. The minimum Gasteiger partial charge on any atom is -0.481 e. The number of nitrogens with one attached hydrogen (secondary N) is 2. The molecule has 0 spiro atoms. The van der Waals surface area contributed by atoms with Crippen LogP contribution in [0, 0.1) is 24.7 Å². The van der Waals surface area contributed by atoms with Crippen LogP contribution in [0.5, 0.6) is 0 Å². The smallest absolute Gasteiger partial charge is 0.307 e. The lowest BCUT2D eigenvalue weighted by Crippen LogP contribution is -2.30. The summed E-state index contributed by atoms with van der Waals surface area (Å²) in [6.07, 6.45) is 1.13. The number of aromatic amines is 1. The van der Waals surface area contributed by atoms with Crippen LogP contribution in [0.25, 0.3) is 0 Å². The number of anilines is 1. The second-order valence-corrected chi connectivity index (χ2v) is 4.86. The average Bonchev–Trinajstić information content (AvgIpc) is 2.85. The topological polar surface area (TPSA) is 108 Å². The Kier molecular flexibility index (Phi) is 3.31. The van der Waals surface area contributed by atoms with Crippen molar-refractivity contribution in [2.45, 2.75) is 26.7 Å². The molecule has 0 aliphatic heterocycles. The van der Waals surface area contributed by atoms with Crippen LogP contribution in [0.4, 0.5) is 5.95 Å². The largest absolute Gasteiger partial charge is 0.481 e. The number of aryl methyl sites for hydroxylation is 1. The second-order valence-electron chi connectivity index (χ2n) is 4.86. The number of aromatic nitrogens is 3. The summed E-state index contributed by atoms with van der Waals surface area (Å²) < 4.78 is 0. The zero-order valence-electron chi connectivity index (χ0n) is 10.3. The molecule has 3 N–H and O–H groups in total. The summed E-state index contributed by atoms with van der Waals surface area (Å²) >= 11 is 0. The molecule has 0 aromatic carbocycles. The van der Waals surface area contributed by atoms with Crippen molar-refractivity contribution in [1.82, 2.24) is 15.2 Å². The summed E-state index contributed by atoms with van der Waals surface area (Å²) in [6, 6.07) is 0. The summed E-state index contributed by atoms with van der Waals surface area (Å²) in [7, 11) is 0. The van der Waals surface area contributed by atoms with E-state index in [2.05, 4.69) is 20.5 Å². The highest BCUT2D eigenvalue weighted by Crippen LogP contribution is 2.36. The van der Waals surface area contributed by atoms with Gasteiger partial charge in [-0.1, -0.05) is 6.92 Å². The maximum atomic E-state index is 12.0. The van der Waals surface area contributed by atoms with Crippen molar-refractivity contribution in [2.24, 2.45) is 17.8 Å². The van der Waals surface area contributed by atoms with Gasteiger partial charge in [0.1, 0.15) is 5.82 Å². The van der Waals surface area contributed by atoms with Crippen LogP contribution in [0.1, 0.15) is 25.6 Å². The molecule has 1 fully saturated rings. The molecular weight excluding hydrogens is 236 g/mol. The van der Waals surface area contributed by atoms with Crippen LogP contribution < -0.4 is 5.32 Å². The van der Waals surface area contributed by atoms with Crippen molar-refractivity contribution in [3.05, 3.63) is 5.82 Å². The van der Waals surface area contributed by atoms with E-state index in [1.165, 1.54) is 0 Å². The number of carboxylic acid groups (broad SMARTS) is 1. The number of hydrogen-bond donors (Lipinski definition) is 3. The third-order valence-corrected chi connectivity index (χ3v) is 3.28. The molecule has 98 valence electrons. The molecule has 1 unspecified atom stereocenters. The lowest BCUT2D eigenvalue weighted by atomic mass is 9.95. The summed E-state index contributed by atoms with van der Waals surface area (Å²) in [5.74, 6) is -1.30. The van der Waals surface area contributed by atoms with Crippen molar-refractivity contribution in [2.75, 3.05) is 5.32 Å². The molecule has 18 heavy (non-hydrogen) atoms. The number of hydrogen-bond acceptors (Lipinski definition) is 4. The Morgan fingerprint density at radius 2 is 2.06 bits per heavy atom. The van der Waals surface area contributed by atoms with Gasteiger partial charge in [0.2, 0.25) is 11.9 Å². The maximum absolute atomic E-state index is 12.0. The highest BCUT2D eigenvalue weighted by Gasteiger charge is 2.41.